The number of hydrogen-bond acceptors (Lipinski definition) is 6. The van der Waals surface area contributed by atoms with Crippen molar-refractivity contribution in [1.29, 1.82) is 0 Å². The quantitative estimate of drug-likeness (QED) is 0.536. The van der Waals surface area contributed by atoms with Crippen molar-refractivity contribution < 1.29 is 9.59 Å². The molecule has 0 bridgehead atoms. The van der Waals surface area contributed by atoms with Crippen LogP contribution in [0.2, 0.25) is 0 Å². The highest BCUT2D eigenvalue weighted by Crippen LogP contribution is 2.27. The van der Waals surface area contributed by atoms with Crippen molar-refractivity contribution in [2.75, 3.05) is 0 Å². The minimum atomic E-state index is -0.367. The smallest absolute Gasteiger partial charge is 0.279 e. The third kappa shape index (κ3) is 2.89. The maximum atomic E-state index is 12.2. The first-order valence-corrected chi connectivity index (χ1v) is 9.16. The molecule has 4 aromatic heterocycles. The molecule has 2 N–H and O–H groups in total. The molecule has 4 rings (SSSR count). The van der Waals surface area contributed by atoms with Gasteiger partial charge >= 0.3 is 0 Å². The van der Waals surface area contributed by atoms with Crippen molar-refractivity contribution >= 4 is 49.8 Å². The van der Waals surface area contributed by atoms with Crippen molar-refractivity contribution in [3.05, 3.63) is 40.0 Å². The van der Waals surface area contributed by atoms with Gasteiger partial charge in [0.1, 0.15) is 11.4 Å². The molecule has 4 heterocycles. The van der Waals surface area contributed by atoms with Gasteiger partial charge in [-0.1, -0.05) is 0 Å². The predicted molar refractivity (Wildman–Crippen MR) is 95.8 cm³/mol. The monoisotopic (exact) mass is 374 g/mol. The number of fused-ring (bicyclic) bond motifs is 3. The molecule has 2 amide bonds. The number of aryl methyl sites for hydroxylation is 2. The fourth-order valence-corrected chi connectivity index (χ4v) is 4.25. The fourth-order valence-electron chi connectivity index (χ4n) is 2.56. The van der Waals surface area contributed by atoms with Crippen LogP contribution in [0.5, 0.6) is 0 Å². The minimum Gasteiger partial charge on any atom is -0.289 e. The second-order valence-electron chi connectivity index (χ2n) is 5.56. The van der Waals surface area contributed by atoms with Gasteiger partial charge in [-0.2, -0.15) is 5.10 Å². The molecule has 0 aliphatic heterocycles. The summed E-state index contributed by atoms with van der Waals surface area (Å²) in [6, 6.07) is 3.66. The van der Waals surface area contributed by atoms with E-state index in [-0.39, 0.29) is 18.4 Å². The van der Waals surface area contributed by atoms with Crippen molar-refractivity contribution in [2.24, 2.45) is 0 Å². The molecule has 0 saturated heterocycles. The third-order valence-corrected chi connectivity index (χ3v) is 5.45. The van der Waals surface area contributed by atoms with Gasteiger partial charge < -0.3 is 0 Å². The normalized spacial score (nSPS) is 11.3. The standard InChI is InChI=1S/C15H14N6O2S2/c1-8-5-9(2)21(19-8)7-12(22)17-18-13(23)11-6-10-14(25-11)16-15-20(10)3-4-24-15/h3-6H,7H2,1-2H3,(H,17,22)(H,18,23). The summed E-state index contributed by atoms with van der Waals surface area (Å²) in [4.78, 5) is 30.9. The number of nitrogens with zero attached hydrogens (tertiary/aromatic N) is 4. The van der Waals surface area contributed by atoms with Gasteiger partial charge in [-0.15, -0.1) is 22.7 Å². The lowest BCUT2D eigenvalue weighted by atomic mass is 10.4. The molecule has 8 nitrogen and oxygen atoms in total. The molecule has 0 atom stereocenters. The average Bonchev–Trinajstić information content (AvgIpc) is 3.27. The first-order chi connectivity index (χ1) is 12.0. The number of rotatable bonds is 3. The number of hydrogen-bond donors (Lipinski definition) is 2. The van der Waals surface area contributed by atoms with Crippen LogP contribution in [0.4, 0.5) is 0 Å². The zero-order valence-electron chi connectivity index (χ0n) is 13.4. The van der Waals surface area contributed by atoms with E-state index in [1.807, 2.05) is 35.9 Å². The van der Waals surface area contributed by atoms with Crippen LogP contribution < -0.4 is 10.9 Å². The van der Waals surface area contributed by atoms with Crippen LogP contribution in [0.3, 0.4) is 0 Å². The number of nitrogens with one attached hydrogen (secondary N) is 2. The molecule has 0 aliphatic carbocycles. The summed E-state index contributed by atoms with van der Waals surface area (Å²) in [5.74, 6) is -0.712. The maximum Gasteiger partial charge on any atom is 0.279 e. The van der Waals surface area contributed by atoms with Crippen LogP contribution >= 0.6 is 22.7 Å². The zero-order chi connectivity index (χ0) is 17.6. The Hall–Kier alpha value is -2.72. The summed E-state index contributed by atoms with van der Waals surface area (Å²) in [6.45, 7) is 3.78. The predicted octanol–water partition coefficient (Wildman–Crippen LogP) is 1.89. The molecule has 0 unspecified atom stereocenters. The number of hydrazine groups is 1. The van der Waals surface area contributed by atoms with Gasteiger partial charge in [0.05, 0.1) is 16.1 Å². The van der Waals surface area contributed by atoms with E-state index >= 15 is 0 Å². The Bertz CT molecular complexity index is 1100. The Labute approximate surface area is 150 Å². The number of thiophene rings is 1. The van der Waals surface area contributed by atoms with Gasteiger partial charge in [-0.05, 0) is 26.0 Å². The highest BCUT2D eigenvalue weighted by atomic mass is 32.1. The van der Waals surface area contributed by atoms with Gasteiger partial charge in [0.25, 0.3) is 11.8 Å². The lowest BCUT2D eigenvalue weighted by Crippen LogP contribution is -2.43. The lowest BCUT2D eigenvalue weighted by Gasteiger charge is -2.07. The van der Waals surface area contributed by atoms with Gasteiger partial charge in [0, 0.05) is 17.3 Å². The van der Waals surface area contributed by atoms with E-state index in [0.717, 1.165) is 26.7 Å². The molecule has 0 saturated carbocycles. The Morgan fingerprint density at radius 1 is 1.24 bits per heavy atom. The Kier molecular flexibility index (Phi) is 3.77. The van der Waals surface area contributed by atoms with Crippen LogP contribution in [0.1, 0.15) is 21.1 Å². The fraction of sp³-hybridized carbons (Fsp3) is 0.200. The maximum absolute atomic E-state index is 12.2. The van der Waals surface area contributed by atoms with Gasteiger partial charge in [0.15, 0.2) is 4.96 Å². The second-order valence-corrected chi connectivity index (χ2v) is 7.46. The van der Waals surface area contributed by atoms with Crippen LogP contribution in [-0.2, 0) is 11.3 Å². The minimum absolute atomic E-state index is 0.0460. The molecule has 25 heavy (non-hydrogen) atoms. The van der Waals surface area contributed by atoms with Crippen molar-refractivity contribution in [2.45, 2.75) is 20.4 Å². The molecular weight excluding hydrogens is 360 g/mol. The van der Waals surface area contributed by atoms with Crippen molar-refractivity contribution in [3.63, 3.8) is 0 Å². The highest BCUT2D eigenvalue weighted by Gasteiger charge is 2.16. The summed E-state index contributed by atoms with van der Waals surface area (Å²) < 4.78 is 3.53. The lowest BCUT2D eigenvalue weighted by molar-refractivity contribution is -0.122. The zero-order valence-corrected chi connectivity index (χ0v) is 15.1. The number of amides is 2. The van der Waals surface area contributed by atoms with Crippen molar-refractivity contribution in [1.82, 2.24) is 30.0 Å². The van der Waals surface area contributed by atoms with E-state index < -0.39 is 0 Å². The molecule has 0 fully saturated rings. The van der Waals surface area contributed by atoms with Crippen LogP contribution in [-0.4, -0.2) is 31.0 Å². The van der Waals surface area contributed by atoms with Crippen LogP contribution in [0.25, 0.3) is 15.3 Å². The Morgan fingerprint density at radius 2 is 2.08 bits per heavy atom. The summed E-state index contributed by atoms with van der Waals surface area (Å²) in [6.07, 6.45) is 1.92. The summed E-state index contributed by atoms with van der Waals surface area (Å²) in [7, 11) is 0. The van der Waals surface area contributed by atoms with Gasteiger partial charge in [0.2, 0.25) is 0 Å². The first kappa shape index (κ1) is 15.8. The van der Waals surface area contributed by atoms with Crippen LogP contribution in [0.15, 0.2) is 23.7 Å². The van der Waals surface area contributed by atoms with E-state index in [1.165, 1.54) is 11.3 Å². The third-order valence-electron chi connectivity index (χ3n) is 3.68. The molecule has 10 heteroatoms. The van der Waals surface area contributed by atoms with E-state index in [0.29, 0.717) is 4.88 Å². The van der Waals surface area contributed by atoms with E-state index in [9.17, 15) is 9.59 Å². The van der Waals surface area contributed by atoms with E-state index in [4.69, 9.17) is 0 Å². The second kappa shape index (κ2) is 5.97. The number of carbonyl (C=O) groups excluding carboxylic acids is 2. The van der Waals surface area contributed by atoms with E-state index in [1.54, 1.807) is 22.1 Å². The van der Waals surface area contributed by atoms with Crippen LogP contribution in [0, 0.1) is 13.8 Å². The number of thiazole rings is 1. The summed E-state index contributed by atoms with van der Waals surface area (Å²) >= 11 is 2.83. The molecule has 128 valence electrons. The van der Waals surface area contributed by atoms with Gasteiger partial charge in [-0.25, -0.2) is 4.98 Å². The Morgan fingerprint density at radius 3 is 2.84 bits per heavy atom. The topological polar surface area (TPSA) is 93.3 Å². The molecule has 0 spiro atoms. The van der Waals surface area contributed by atoms with Crippen molar-refractivity contribution in [3.8, 4) is 0 Å². The summed E-state index contributed by atoms with van der Waals surface area (Å²) in [5.41, 5.74) is 7.47. The largest absolute Gasteiger partial charge is 0.289 e. The summed E-state index contributed by atoms with van der Waals surface area (Å²) in [5, 5.41) is 6.16. The first-order valence-electron chi connectivity index (χ1n) is 7.46. The Balaban J connectivity index is 1.42. The highest BCUT2D eigenvalue weighted by molar-refractivity contribution is 7.21. The number of aromatic nitrogens is 4. The number of imidazole rings is 1. The molecule has 0 radical (unpaired) electrons. The van der Waals surface area contributed by atoms with E-state index in [2.05, 4.69) is 20.9 Å². The SMILES string of the molecule is Cc1cc(C)n(CC(=O)NNC(=O)c2cc3c(nc4sccn43)s2)n1. The average molecular weight is 374 g/mol. The number of carbonyl (C=O) groups is 2. The molecule has 0 aliphatic rings. The molecular formula is C15H14N6O2S2. The molecule has 0 aromatic carbocycles. The molecule has 4 aromatic rings. The van der Waals surface area contributed by atoms with Gasteiger partial charge in [-0.3, -0.25) is 29.5 Å².